The van der Waals surface area contributed by atoms with Crippen molar-refractivity contribution in [1.29, 1.82) is 0 Å². The van der Waals surface area contributed by atoms with Gasteiger partial charge in [-0.1, -0.05) is 6.92 Å². The highest BCUT2D eigenvalue weighted by molar-refractivity contribution is 5.76. The molecule has 1 unspecified atom stereocenters. The first-order valence-electron chi connectivity index (χ1n) is 4.82. The number of hydrogen-bond donors (Lipinski definition) is 4. The fourth-order valence-electron chi connectivity index (χ4n) is 0.812. The van der Waals surface area contributed by atoms with Gasteiger partial charge in [-0.15, -0.1) is 0 Å². The molecule has 0 aromatic rings. The molecule has 5 nitrogen and oxygen atoms in total. The molecule has 1 amide bonds. The van der Waals surface area contributed by atoms with Gasteiger partial charge in [0, 0.05) is 19.5 Å². The predicted octanol–water partition coefficient (Wildman–Crippen LogP) is -1.15. The molecule has 5 heteroatoms. The van der Waals surface area contributed by atoms with E-state index in [2.05, 4.69) is 10.6 Å². The first kappa shape index (κ1) is 13.4. The largest absolute Gasteiger partial charge is 0.393 e. The summed E-state index contributed by atoms with van der Waals surface area (Å²) in [4.78, 5) is 11.1. The minimum absolute atomic E-state index is 0.0778. The van der Waals surface area contributed by atoms with E-state index in [0.717, 1.165) is 6.54 Å². The summed E-state index contributed by atoms with van der Waals surface area (Å²) >= 11 is 0. The van der Waals surface area contributed by atoms with E-state index in [1.807, 2.05) is 6.92 Å². The van der Waals surface area contributed by atoms with E-state index in [4.69, 9.17) is 5.11 Å². The van der Waals surface area contributed by atoms with Crippen LogP contribution >= 0.6 is 0 Å². The molecule has 84 valence electrons. The minimum Gasteiger partial charge on any atom is -0.393 e. The molecule has 0 heterocycles. The number of carbonyl (C=O) groups excluding carboxylic acids is 1. The second kappa shape index (κ2) is 6.75. The monoisotopic (exact) mass is 204 g/mol. The van der Waals surface area contributed by atoms with Crippen LogP contribution in [-0.4, -0.2) is 48.0 Å². The van der Waals surface area contributed by atoms with Gasteiger partial charge in [0.15, 0.2) is 0 Å². The first-order valence-corrected chi connectivity index (χ1v) is 4.82. The Morgan fingerprint density at radius 2 is 2.14 bits per heavy atom. The third kappa shape index (κ3) is 6.82. The van der Waals surface area contributed by atoms with Gasteiger partial charge in [-0.25, -0.2) is 0 Å². The summed E-state index contributed by atoms with van der Waals surface area (Å²) < 4.78 is 0. The molecule has 0 aliphatic heterocycles. The first-order chi connectivity index (χ1) is 6.52. The third-order valence-electron chi connectivity index (χ3n) is 1.79. The van der Waals surface area contributed by atoms with Crippen molar-refractivity contribution in [2.24, 2.45) is 0 Å². The van der Waals surface area contributed by atoms with Crippen LogP contribution in [0.1, 0.15) is 20.3 Å². The van der Waals surface area contributed by atoms with Crippen LogP contribution < -0.4 is 10.6 Å². The molecule has 0 saturated heterocycles. The summed E-state index contributed by atoms with van der Waals surface area (Å²) in [5.41, 5.74) is -1.23. The molecule has 0 rings (SSSR count). The van der Waals surface area contributed by atoms with E-state index in [0.29, 0.717) is 13.0 Å². The third-order valence-corrected chi connectivity index (χ3v) is 1.79. The topological polar surface area (TPSA) is 81.6 Å². The highest BCUT2D eigenvalue weighted by Crippen LogP contribution is 1.98. The van der Waals surface area contributed by atoms with Gasteiger partial charge < -0.3 is 20.8 Å². The molecule has 0 saturated carbocycles. The predicted molar refractivity (Wildman–Crippen MR) is 53.9 cm³/mol. The molecule has 0 fully saturated rings. The zero-order valence-electron chi connectivity index (χ0n) is 8.84. The highest BCUT2D eigenvalue weighted by atomic mass is 16.3. The Labute approximate surface area is 84.5 Å². The van der Waals surface area contributed by atoms with Crippen molar-refractivity contribution < 1.29 is 15.0 Å². The summed E-state index contributed by atoms with van der Waals surface area (Å²) in [6, 6.07) is 0. The number of hydrogen-bond acceptors (Lipinski definition) is 4. The summed E-state index contributed by atoms with van der Waals surface area (Å²) in [6.07, 6.45) is 0.384. The minimum atomic E-state index is -1.23. The van der Waals surface area contributed by atoms with Crippen molar-refractivity contribution in [2.75, 3.05) is 26.2 Å². The number of aliphatic hydroxyl groups excluding tert-OH is 1. The maximum atomic E-state index is 11.1. The Kier molecular flexibility index (Phi) is 6.44. The van der Waals surface area contributed by atoms with Gasteiger partial charge in [0.1, 0.15) is 5.60 Å². The van der Waals surface area contributed by atoms with E-state index >= 15 is 0 Å². The molecule has 0 bridgehead atoms. The van der Waals surface area contributed by atoms with Gasteiger partial charge in [-0.2, -0.15) is 0 Å². The number of amides is 1. The highest BCUT2D eigenvalue weighted by Gasteiger charge is 2.19. The van der Waals surface area contributed by atoms with Crippen molar-refractivity contribution in [3.63, 3.8) is 0 Å². The van der Waals surface area contributed by atoms with E-state index in [9.17, 15) is 9.90 Å². The van der Waals surface area contributed by atoms with Crippen LogP contribution in [0.15, 0.2) is 0 Å². The summed E-state index contributed by atoms with van der Waals surface area (Å²) in [5, 5.41) is 23.6. The van der Waals surface area contributed by atoms with E-state index < -0.39 is 5.60 Å². The summed E-state index contributed by atoms with van der Waals surface area (Å²) in [6.45, 7) is 4.62. The molecule has 0 spiro atoms. The lowest BCUT2D eigenvalue weighted by molar-refractivity contribution is -0.122. The molecule has 1 atom stereocenters. The average Bonchev–Trinajstić information content (AvgIpc) is 2.16. The maximum Gasteiger partial charge on any atom is 0.221 e. The lowest BCUT2D eigenvalue weighted by Gasteiger charge is -2.20. The molecule has 0 aromatic carbocycles. The fourth-order valence-corrected chi connectivity index (χ4v) is 0.812. The van der Waals surface area contributed by atoms with Crippen LogP contribution in [0.3, 0.4) is 0 Å². The Bertz CT molecular complexity index is 171. The van der Waals surface area contributed by atoms with Crippen LogP contribution in [0.4, 0.5) is 0 Å². The van der Waals surface area contributed by atoms with Crippen molar-refractivity contribution >= 4 is 5.91 Å². The van der Waals surface area contributed by atoms with Gasteiger partial charge in [0.25, 0.3) is 0 Å². The second-order valence-corrected chi connectivity index (χ2v) is 3.54. The van der Waals surface area contributed by atoms with Gasteiger partial charge in [0.05, 0.1) is 6.61 Å². The smallest absolute Gasteiger partial charge is 0.221 e. The lowest BCUT2D eigenvalue weighted by Crippen LogP contribution is -2.43. The normalized spacial score (nSPS) is 14.9. The SMILES string of the molecule is CCNCCC(=O)NCC(C)(O)CO. The maximum absolute atomic E-state index is 11.1. The number of carbonyl (C=O) groups is 1. The molecular formula is C9H20N2O3. The summed E-state index contributed by atoms with van der Waals surface area (Å²) in [5.74, 6) is -0.125. The zero-order chi connectivity index (χ0) is 11.0. The van der Waals surface area contributed by atoms with Crippen LogP contribution in [0.25, 0.3) is 0 Å². The molecule has 0 aliphatic carbocycles. The second-order valence-electron chi connectivity index (χ2n) is 3.54. The Morgan fingerprint density at radius 1 is 1.50 bits per heavy atom. The van der Waals surface area contributed by atoms with E-state index in [1.54, 1.807) is 0 Å². The van der Waals surface area contributed by atoms with Crippen molar-refractivity contribution in [1.82, 2.24) is 10.6 Å². The molecule has 14 heavy (non-hydrogen) atoms. The number of rotatable bonds is 7. The Balaban J connectivity index is 3.53. The molecule has 0 radical (unpaired) electrons. The van der Waals surface area contributed by atoms with Crippen LogP contribution in [0, 0.1) is 0 Å². The fraction of sp³-hybridized carbons (Fsp3) is 0.889. The van der Waals surface area contributed by atoms with E-state index in [-0.39, 0.29) is 19.1 Å². The Hall–Kier alpha value is -0.650. The number of nitrogens with one attached hydrogen (secondary N) is 2. The van der Waals surface area contributed by atoms with Crippen molar-refractivity contribution in [2.45, 2.75) is 25.9 Å². The quantitative estimate of drug-likeness (QED) is 0.395. The zero-order valence-corrected chi connectivity index (χ0v) is 8.84. The molecule has 0 aliphatic rings. The number of aliphatic hydroxyl groups is 2. The Morgan fingerprint density at radius 3 is 2.64 bits per heavy atom. The van der Waals surface area contributed by atoms with Gasteiger partial charge in [0.2, 0.25) is 5.91 Å². The van der Waals surface area contributed by atoms with Gasteiger partial charge in [-0.05, 0) is 13.5 Å². The standard InChI is InChI=1S/C9H20N2O3/c1-3-10-5-4-8(13)11-6-9(2,14)7-12/h10,12,14H,3-7H2,1-2H3,(H,11,13). The average molecular weight is 204 g/mol. The molecule has 4 N–H and O–H groups in total. The lowest BCUT2D eigenvalue weighted by atomic mass is 10.1. The van der Waals surface area contributed by atoms with Crippen LogP contribution in [0.2, 0.25) is 0 Å². The molecular weight excluding hydrogens is 184 g/mol. The van der Waals surface area contributed by atoms with E-state index in [1.165, 1.54) is 6.92 Å². The molecule has 0 aromatic heterocycles. The van der Waals surface area contributed by atoms with Crippen LogP contribution in [0.5, 0.6) is 0 Å². The van der Waals surface area contributed by atoms with Gasteiger partial charge >= 0.3 is 0 Å². The van der Waals surface area contributed by atoms with Crippen molar-refractivity contribution in [3.05, 3.63) is 0 Å². The van der Waals surface area contributed by atoms with Crippen LogP contribution in [-0.2, 0) is 4.79 Å². The van der Waals surface area contributed by atoms with Gasteiger partial charge in [-0.3, -0.25) is 4.79 Å². The summed E-state index contributed by atoms with van der Waals surface area (Å²) in [7, 11) is 0. The van der Waals surface area contributed by atoms with Crippen molar-refractivity contribution in [3.8, 4) is 0 Å².